The number of nitrogens with zero attached hydrogens (tertiary/aromatic N) is 3. The number of hydrogen-bond acceptors (Lipinski definition) is 6. The van der Waals surface area contributed by atoms with Gasteiger partial charge in [-0.1, -0.05) is 109 Å². The molecular formula is C49H31N3O3. The molecule has 6 heteroatoms. The lowest BCUT2D eigenvalue weighted by Crippen LogP contribution is -2.14. The number of rotatable bonds is 7. The van der Waals surface area contributed by atoms with Crippen molar-refractivity contribution < 1.29 is 13.3 Å². The van der Waals surface area contributed by atoms with Gasteiger partial charge in [0.05, 0.1) is 28.1 Å². The molecule has 0 saturated heterocycles. The predicted octanol–water partition coefficient (Wildman–Crippen LogP) is 14.2. The monoisotopic (exact) mass is 709 g/mol. The fourth-order valence-corrected chi connectivity index (χ4v) is 7.84. The van der Waals surface area contributed by atoms with Crippen molar-refractivity contribution in [1.82, 2.24) is 4.98 Å². The third-order valence-corrected chi connectivity index (χ3v) is 10.3. The van der Waals surface area contributed by atoms with Crippen LogP contribution in [0.1, 0.15) is 0 Å². The first-order valence-electron chi connectivity index (χ1n) is 18.3. The molecule has 6 nitrogen and oxygen atoms in total. The molecule has 3 aromatic heterocycles. The van der Waals surface area contributed by atoms with Crippen LogP contribution in [0.2, 0.25) is 0 Å². The fraction of sp³-hybridized carbons (Fsp3) is 0. The molecule has 8 aromatic carbocycles. The zero-order chi connectivity index (χ0) is 36.3. The van der Waals surface area contributed by atoms with Gasteiger partial charge in [0.1, 0.15) is 22.3 Å². The molecule has 0 radical (unpaired) electrons. The molecule has 260 valence electrons. The van der Waals surface area contributed by atoms with Gasteiger partial charge in [0.25, 0.3) is 0 Å². The topological polar surface area (TPSA) is 58.8 Å². The van der Waals surface area contributed by atoms with Crippen molar-refractivity contribution in [2.75, 3.05) is 9.80 Å². The highest BCUT2D eigenvalue weighted by Gasteiger charge is 2.27. The van der Waals surface area contributed by atoms with E-state index in [9.17, 15) is 0 Å². The van der Waals surface area contributed by atoms with Gasteiger partial charge >= 0.3 is 0 Å². The Labute approximate surface area is 315 Å². The maximum absolute atomic E-state index is 6.75. The van der Waals surface area contributed by atoms with Crippen molar-refractivity contribution in [2.24, 2.45) is 0 Å². The SMILES string of the molecule is c1ccc(-c2nc3c(N(c4ccccc4)c4cccc5c4oc4ccccc45)cc(N(c4ccccc4)c4cccc5oc6ccccc6c45)cc3o2)cc1. The van der Waals surface area contributed by atoms with Gasteiger partial charge in [-0.3, -0.25) is 0 Å². The van der Waals surface area contributed by atoms with E-state index in [2.05, 4.69) is 119 Å². The lowest BCUT2D eigenvalue weighted by molar-refractivity contribution is 0.620. The van der Waals surface area contributed by atoms with Crippen LogP contribution < -0.4 is 9.80 Å². The van der Waals surface area contributed by atoms with Crippen LogP contribution in [0.3, 0.4) is 0 Å². The van der Waals surface area contributed by atoms with Crippen LogP contribution in [0.25, 0.3) is 66.4 Å². The van der Waals surface area contributed by atoms with E-state index in [0.29, 0.717) is 11.5 Å². The Kier molecular flexibility index (Phi) is 7.07. The second kappa shape index (κ2) is 12.5. The summed E-state index contributed by atoms with van der Waals surface area (Å²) in [5.74, 6) is 0.540. The molecule has 0 atom stereocenters. The molecule has 0 amide bonds. The molecule has 0 bridgehead atoms. The molecule has 0 N–H and O–H groups in total. The van der Waals surface area contributed by atoms with E-state index in [1.165, 1.54) is 0 Å². The van der Waals surface area contributed by atoms with E-state index >= 15 is 0 Å². The third-order valence-electron chi connectivity index (χ3n) is 10.3. The lowest BCUT2D eigenvalue weighted by Gasteiger charge is -2.29. The summed E-state index contributed by atoms with van der Waals surface area (Å²) >= 11 is 0. The molecule has 0 saturated carbocycles. The highest BCUT2D eigenvalue weighted by molar-refractivity contribution is 6.15. The highest BCUT2D eigenvalue weighted by Crippen LogP contribution is 2.49. The van der Waals surface area contributed by atoms with Crippen molar-refractivity contribution >= 4 is 89.1 Å². The molecular weight excluding hydrogens is 679 g/mol. The summed E-state index contributed by atoms with van der Waals surface area (Å²) in [6.07, 6.45) is 0. The van der Waals surface area contributed by atoms with Crippen molar-refractivity contribution in [2.45, 2.75) is 0 Å². The van der Waals surface area contributed by atoms with Gasteiger partial charge in [0.2, 0.25) is 5.89 Å². The molecule has 3 heterocycles. The highest BCUT2D eigenvalue weighted by atomic mass is 16.3. The van der Waals surface area contributed by atoms with Gasteiger partial charge in [-0.15, -0.1) is 0 Å². The quantitative estimate of drug-likeness (QED) is 0.164. The summed E-state index contributed by atoms with van der Waals surface area (Å²) in [5.41, 5.74) is 11.1. The summed E-state index contributed by atoms with van der Waals surface area (Å²) < 4.78 is 19.8. The number of hydrogen-bond donors (Lipinski definition) is 0. The smallest absolute Gasteiger partial charge is 0.227 e. The average molecular weight is 710 g/mol. The Morgan fingerprint density at radius 1 is 0.364 bits per heavy atom. The zero-order valence-corrected chi connectivity index (χ0v) is 29.5. The molecule has 11 aromatic rings. The molecule has 0 fully saturated rings. The van der Waals surface area contributed by atoms with Crippen LogP contribution in [0.15, 0.2) is 201 Å². The molecule has 0 aliphatic rings. The number of benzene rings is 8. The third kappa shape index (κ3) is 5.07. The van der Waals surface area contributed by atoms with Crippen molar-refractivity contribution in [3.8, 4) is 11.5 Å². The van der Waals surface area contributed by atoms with E-state index in [-0.39, 0.29) is 0 Å². The van der Waals surface area contributed by atoms with Crippen LogP contribution in [0.5, 0.6) is 0 Å². The second-order valence-corrected chi connectivity index (χ2v) is 13.5. The standard InChI is InChI=1S/C49H31N3O3/c1-4-16-32(17-5-1)49-50-47-41(52(34-20-8-3-9-21-34)40-26-14-24-37-36-22-10-12-27-42(36)54-48(37)40)30-35(31-45(47)55-49)51(33-18-6-2-7-19-33)39-25-15-29-44-46(39)38-23-11-13-28-43(38)53-44/h1-31H. The minimum absolute atomic E-state index is 0.540. The van der Waals surface area contributed by atoms with Gasteiger partial charge in [0.15, 0.2) is 11.2 Å². The maximum atomic E-state index is 6.75. The number of anilines is 6. The van der Waals surface area contributed by atoms with Gasteiger partial charge < -0.3 is 23.1 Å². The number of oxazole rings is 1. The summed E-state index contributed by atoms with van der Waals surface area (Å²) in [6, 6.07) is 64.1. The number of furan rings is 2. The number of para-hydroxylation sites is 5. The molecule has 55 heavy (non-hydrogen) atoms. The van der Waals surface area contributed by atoms with Crippen molar-refractivity contribution in [1.29, 1.82) is 0 Å². The molecule has 0 aliphatic heterocycles. The van der Waals surface area contributed by atoms with Crippen LogP contribution in [-0.2, 0) is 0 Å². The molecule has 0 spiro atoms. The molecule has 0 aliphatic carbocycles. The first-order chi connectivity index (χ1) is 27.3. The van der Waals surface area contributed by atoms with Crippen LogP contribution in [0.4, 0.5) is 34.1 Å². The summed E-state index contributed by atoms with van der Waals surface area (Å²) in [5, 5.41) is 4.17. The summed E-state index contributed by atoms with van der Waals surface area (Å²) in [6.45, 7) is 0. The van der Waals surface area contributed by atoms with E-state index in [1.807, 2.05) is 78.9 Å². The van der Waals surface area contributed by atoms with E-state index in [1.54, 1.807) is 0 Å². The molecule has 0 unspecified atom stereocenters. The predicted molar refractivity (Wildman–Crippen MR) is 223 cm³/mol. The van der Waals surface area contributed by atoms with Crippen molar-refractivity contribution in [3.63, 3.8) is 0 Å². The Morgan fingerprint density at radius 2 is 0.945 bits per heavy atom. The first kappa shape index (κ1) is 31.0. The second-order valence-electron chi connectivity index (χ2n) is 13.5. The summed E-state index contributed by atoms with van der Waals surface area (Å²) in [4.78, 5) is 9.76. The number of aromatic nitrogens is 1. The van der Waals surface area contributed by atoms with Crippen LogP contribution in [-0.4, -0.2) is 4.98 Å². The van der Waals surface area contributed by atoms with Crippen LogP contribution in [0, 0.1) is 0 Å². The van der Waals surface area contributed by atoms with Gasteiger partial charge in [0, 0.05) is 39.2 Å². The lowest BCUT2D eigenvalue weighted by atomic mass is 10.1. The van der Waals surface area contributed by atoms with Gasteiger partial charge in [-0.25, -0.2) is 4.98 Å². The van der Waals surface area contributed by atoms with Gasteiger partial charge in [-0.05, 0) is 72.8 Å². The Balaban J connectivity index is 1.24. The largest absolute Gasteiger partial charge is 0.456 e. The first-order valence-corrected chi connectivity index (χ1v) is 18.3. The maximum Gasteiger partial charge on any atom is 0.227 e. The minimum atomic E-state index is 0.540. The molecule has 11 rings (SSSR count). The van der Waals surface area contributed by atoms with Crippen molar-refractivity contribution in [3.05, 3.63) is 188 Å². The van der Waals surface area contributed by atoms with Crippen LogP contribution >= 0.6 is 0 Å². The van der Waals surface area contributed by atoms with Gasteiger partial charge in [-0.2, -0.15) is 0 Å². The number of fused-ring (bicyclic) bond motifs is 7. The minimum Gasteiger partial charge on any atom is -0.456 e. The summed E-state index contributed by atoms with van der Waals surface area (Å²) in [7, 11) is 0. The zero-order valence-electron chi connectivity index (χ0n) is 29.5. The Morgan fingerprint density at radius 3 is 1.71 bits per heavy atom. The fourth-order valence-electron chi connectivity index (χ4n) is 7.84. The van der Waals surface area contributed by atoms with E-state index in [0.717, 1.165) is 89.1 Å². The Bertz CT molecular complexity index is 3170. The average Bonchev–Trinajstić information content (AvgIpc) is 3.97. The Hall–Kier alpha value is -7.57. The van der Waals surface area contributed by atoms with E-state index in [4.69, 9.17) is 18.2 Å². The van der Waals surface area contributed by atoms with E-state index < -0.39 is 0 Å². The normalized spacial score (nSPS) is 11.6.